The van der Waals surface area contributed by atoms with Crippen molar-refractivity contribution in [3.63, 3.8) is 0 Å². The zero-order valence-corrected chi connectivity index (χ0v) is 12.2. The topological polar surface area (TPSA) is 93.3 Å². The number of nitrogens with zero attached hydrogens (tertiary/aromatic N) is 3. The molecule has 0 saturated carbocycles. The molecule has 21 heavy (non-hydrogen) atoms. The first kappa shape index (κ1) is 15.1. The SMILES string of the molecule is CC[C@@H](C)[C@@H](N)C(=O)N/N=C\c1cccc2nccnc12. The highest BCUT2D eigenvalue weighted by atomic mass is 16.2. The minimum Gasteiger partial charge on any atom is -0.320 e. The van der Waals surface area contributed by atoms with Crippen molar-refractivity contribution in [2.75, 3.05) is 0 Å². The third kappa shape index (κ3) is 3.61. The Labute approximate surface area is 123 Å². The van der Waals surface area contributed by atoms with Crippen LogP contribution < -0.4 is 11.2 Å². The highest BCUT2D eigenvalue weighted by Gasteiger charge is 2.18. The van der Waals surface area contributed by atoms with Crippen molar-refractivity contribution in [2.24, 2.45) is 16.8 Å². The van der Waals surface area contributed by atoms with E-state index in [4.69, 9.17) is 5.73 Å². The van der Waals surface area contributed by atoms with Crippen molar-refractivity contribution in [2.45, 2.75) is 26.3 Å². The first-order valence-corrected chi connectivity index (χ1v) is 6.91. The molecule has 6 nitrogen and oxygen atoms in total. The summed E-state index contributed by atoms with van der Waals surface area (Å²) in [6.07, 6.45) is 5.66. The second-order valence-corrected chi connectivity index (χ2v) is 4.92. The summed E-state index contributed by atoms with van der Waals surface area (Å²) in [5.41, 5.74) is 10.6. The summed E-state index contributed by atoms with van der Waals surface area (Å²) in [5, 5.41) is 3.96. The van der Waals surface area contributed by atoms with Crippen LogP contribution in [-0.4, -0.2) is 28.1 Å². The van der Waals surface area contributed by atoms with Crippen molar-refractivity contribution in [1.82, 2.24) is 15.4 Å². The van der Waals surface area contributed by atoms with Gasteiger partial charge in [0.05, 0.1) is 23.3 Å². The summed E-state index contributed by atoms with van der Waals surface area (Å²) in [7, 11) is 0. The zero-order chi connectivity index (χ0) is 15.2. The van der Waals surface area contributed by atoms with E-state index < -0.39 is 6.04 Å². The Morgan fingerprint density at radius 1 is 1.43 bits per heavy atom. The van der Waals surface area contributed by atoms with E-state index in [1.165, 1.54) is 0 Å². The van der Waals surface area contributed by atoms with Crippen LogP contribution in [0.2, 0.25) is 0 Å². The van der Waals surface area contributed by atoms with Gasteiger partial charge in [-0.2, -0.15) is 5.10 Å². The summed E-state index contributed by atoms with van der Waals surface area (Å²) in [6, 6.07) is 5.04. The number of aromatic nitrogens is 2. The number of benzene rings is 1. The fraction of sp³-hybridized carbons (Fsp3) is 0.333. The number of hydrazone groups is 1. The van der Waals surface area contributed by atoms with Crippen LogP contribution in [0.25, 0.3) is 11.0 Å². The third-order valence-electron chi connectivity index (χ3n) is 3.47. The molecule has 1 heterocycles. The maximum Gasteiger partial charge on any atom is 0.257 e. The Hall–Kier alpha value is -2.34. The molecule has 2 rings (SSSR count). The summed E-state index contributed by atoms with van der Waals surface area (Å²) >= 11 is 0. The highest BCUT2D eigenvalue weighted by Crippen LogP contribution is 2.11. The number of nitrogens with two attached hydrogens (primary N) is 1. The summed E-state index contributed by atoms with van der Waals surface area (Å²) in [5.74, 6) is -0.171. The fourth-order valence-electron chi connectivity index (χ4n) is 1.87. The normalized spacial score (nSPS) is 14.2. The monoisotopic (exact) mass is 285 g/mol. The third-order valence-corrected chi connectivity index (χ3v) is 3.47. The zero-order valence-electron chi connectivity index (χ0n) is 12.2. The van der Waals surface area contributed by atoms with Crippen molar-refractivity contribution < 1.29 is 4.79 Å². The quantitative estimate of drug-likeness (QED) is 0.642. The van der Waals surface area contributed by atoms with E-state index in [1.54, 1.807) is 18.6 Å². The summed E-state index contributed by atoms with van der Waals surface area (Å²) < 4.78 is 0. The van der Waals surface area contributed by atoms with Crippen LogP contribution in [0.15, 0.2) is 35.7 Å². The van der Waals surface area contributed by atoms with Gasteiger partial charge in [0, 0.05) is 18.0 Å². The van der Waals surface area contributed by atoms with Crippen LogP contribution in [0.1, 0.15) is 25.8 Å². The molecule has 0 aliphatic rings. The molecule has 0 bridgehead atoms. The predicted octanol–water partition coefficient (Wildman–Crippen LogP) is 1.45. The summed E-state index contributed by atoms with van der Waals surface area (Å²) in [6.45, 7) is 3.93. The average Bonchev–Trinajstić information content (AvgIpc) is 2.53. The minimum absolute atomic E-state index is 0.114. The van der Waals surface area contributed by atoms with Crippen molar-refractivity contribution >= 4 is 23.2 Å². The Kier molecular flexibility index (Phi) is 4.94. The van der Waals surface area contributed by atoms with E-state index >= 15 is 0 Å². The van der Waals surface area contributed by atoms with Crippen molar-refractivity contribution in [1.29, 1.82) is 0 Å². The number of hydrogen-bond acceptors (Lipinski definition) is 5. The van der Waals surface area contributed by atoms with Crippen LogP contribution in [0.5, 0.6) is 0 Å². The Morgan fingerprint density at radius 2 is 2.19 bits per heavy atom. The standard InChI is InChI=1S/C15H19N5O/c1-3-10(2)13(16)15(21)20-19-9-11-5-4-6-12-14(11)18-8-7-17-12/h4-10,13H,3,16H2,1-2H3,(H,20,21)/b19-9-/t10-,13-/m1/s1. The molecular weight excluding hydrogens is 266 g/mol. The van der Waals surface area contributed by atoms with Crippen LogP contribution in [0, 0.1) is 5.92 Å². The number of amides is 1. The molecule has 0 aliphatic heterocycles. The molecule has 0 unspecified atom stereocenters. The van der Waals surface area contributed by atoms with Crippen LogP contribution >= 0.6 is 0 Å². The Balaban J connectivity index is 2.09. The smallest absolute Gasteiger partial charge is 0.257 e. The van der Waals surface area contributed by atoms with E-state index in [-0.39, 0.29) is 11.8 Å². The molecule has 1 aromatic heterocycles. The predicted molar refractivity (Wildman–Crippen MR) is 82.7 cm³/mol. The van der Waals surface area contributed by atoms with E-state index in [2.05, 4.69) is 20.5 Å². The second kappa shape index (κ2) is 6.90. The van der Waals surface area contributed by atoms with Gasteiger partial charge in [-0.3, -0.25) is 14.8 Å². The van der Waals surface area contributed by atoms with Crippen molar-refractivity contribution in [3.8, 4) is 0 Å². The van der Waals surface area contributed by atoms with Crippen molar-refractivity contribution in [3.05, 3.63) is 36.2 Å². The molecule has 6 heteroatoms. The molecule has 0 radical (unpaired) electrons. The van der Waals surface area contributed by atoms with Gasteiger partial charge < -0.3 is 5.73 Å². The van der Waals surface area contributed by atoms with Gasteiger partial charge in [-0.15, -0.1) is 0 Å². The number of hydrogen-bond donors (Lipinski definition) is 2. The maximum atomic E-state index is 11.8. The van der Waals surface area contributed by atoms with Gasteiger partial charge in [-0.25, -0.2) is 5.43 Å². The van der Waals surface area contributed by atoms with Gasteiger partial charge in [0.1, 0.15) is 0 Å². The van der Waals surface area contributed by atoms with Crippen LogP contribution in [0.4, 0.5) is 0 Å². The van der Waals surface area contributed by atoms with Gasteiger partial charge in [0.25, 0.3) is 5.91 Å². The first-order valence-electron chi connectivity index (χ1n) is 6.91. The van der Waals surface area contributed by atoms with Gasteiger partial charge >= 0.3 is 0 Å². The Morgan fingerprint density at radius 3 is 2.95 bits per heavy atom. The minimum atomic E-state index is -0.556. The Bertz CT molecular complexity index is 650. The molecule has 1 amide bonds. The van der Waals surface area contributed by atoms with Gasteiger partial charge in [0.15, 0.2) is 0 Å². The van der Waals surface area contributed by atoms with Crippen LogP contribution in [-0.2, 0) is 4.79 Å². The number of fused-ring (bicyclic) bond motifs is 1. The van der Waals surface area contributed by atoms with Crippen LogP contribution in [0.3, 0.4) is 0 Å². The molecule has 3 N–H and O–H groups in total. The lowest BCUT2D eigenvalue weighted by Crippen LogP contribution is -2.42. The van der Waals surface area contributed by atoms with E-state index in [0.717, 1.165) is 23.0 Å². The number of para-hydroxylation sites is 1. The fourth-order valence-corrected chi connectivity index (χ4v) is 1.87. The van der Waals surface area contributed by atoms with Gasteiger partial charge in [-0.1, -0.05) is 32.4 Å². The number of carbonyl (C=O) groups excluding carboxylic acids is 1. The largest absolute Gasteiger partial charge is 0.320 e. The first-order chi connectivity index (χ1) is 10.1. The van der Waals surface area contributed by atoms with E-state index in [1.807, 2.05) is 32.0 Å². The number of carbonyl (C=O) groups is 1. The molecular formula is C15H19N5O. The molecule has 2 atom stereocenters. The lowest BCUT2D eigenvalue weighted by Gasteiger charge is -2.15. The van der Waals surface area contributed by atoms with E-state index in [0.29, 0.717) is 0 Å². The summed E-state index contributed by atoms with van der Waals surface area (Å²) in [4.78, 5) is 20.3. The molecule has 2 aromatic rings. The number of nitrogens with one attached hydrogen (secondary N) is 1. The second-order valence-electron chi connectivity index (χ2n) is 4.92. The number of rotatable bonds is 5. The van der Waals surface area contributed by atoms with E-state index in [9.17, 15) is 4.79 Å². The lowest BCUT2D eigenvalue weighted by atomic mass is 10.00. The highest BCUT2D eigenvalue weighted by molar-refractivity contribution is 5.96. The molecule has 0 saturated heterocycles. The molecule has 1 aromatic carbocycles. The molecule has 110 valence electrons. The van der Waals surface area contributed by atoms with Gasteiger partial charge in [-0.05, 0) is 12.0 Å². The molecule has 0 spiro atoms. The molecule has 0 aliphatic carbocycles. The average molecular weight is 285 g/mol. The van der Waals surface area contributed by atoms with Gasteiger partial charge in [0.2, 0.25) is 0 Å². The molecule has 0 fully saturated rings. The lowest BCUT2D eigenvalue weighted by molar-refractivity contribution is -0.123. The maximum absolute atomic E-state index is 11.8.